The van der Waals surface area contributed by atoms with Gasteiger partial charge in [-0.1, -0.05) is 0 Å². The number of ether oxygens (including phenoxy) is 1. The molecule has 0 aliphatic carbocycles. The van der Waals surface area contributed by atoms with Gasteiger partial charge in [-0.25, -0.2) is 9.97 Å². The van der Waals surface area contributed by atoms with Crippen LogP contribution in [0.5, 0.6) is 0 Å². The standard InChI is InChI=1S/C13H20N4OS/c1-9-10(2)19-13-11(9)12(15-8-16-13)17(5-4-14)6-7-18-3/h8H,4-7,14H2,1-3H3. The third-order valence-corrected chi connectivity index (χ3v) is 4.32. The molecular formula is C13H20N4OS. The van der Waals surface area contributed by atoms with E-state index in [2.05, 4.69) is 28.7 Å². The van der Waals surface area contributed by atoms with Gasteiger partial charge in [0.1, 0.15) is 17.0 Å². The predicted molar refractivity (Wildman–Crippen MR) is 80.0 cm³/mol. The zero-order valence-electron chi connectivity index (χ0n) is 11.6. The summed E-state index contributed by atoms with van der Waals surface area (Å²) in [5.41, 5.74) is 6.96. The molecule has 104 valence electrons. The highest BCUT2D eigenvalue weighted by atomic mass is 32.1. The summed E-state index contributed by atoms with van der Waals surface area (Å²) in [6.07, 6.45) is 1.63. The molecule has 0 unspecified atom stereocenters. The third kappa shape index (κ3) is 2.86. The number of aryl methyl sites for hydroxylation is 2. The van der Waals surface area contributed by atoms with Gasteiger partial charge in [-0.15, -0.1) is 11.3 Å². The van der Waals surface area contributed by atoms with Gasteiger partial charge >= 0.3 is 0 Å². The molecule has 0 saturated carbocycles. The molecule has 0 aromatic carbocycles. The largest absolute Gasteiger partial charge is 0.383 e. The molecule has 19 heavy (non-hydrogen) atoms. The van der Waals surface area contributed by atoms with Crippen LogP contribution < -0.4 is 10.6 Å². The SMILES string of the molecule is COCCN(CCN)c1ncnc2sc(C)c(C)c12. The van der Waals surface area contributed by atoms with Crippen molar-refractivity contribution in [1.29, 1.82) is 0 Å². The number of aromatic nitrogens is 2. The van der Waals surface area contributed by atoms with Gasteiger partial charge in [0, 0.05) is 31.6 Å². The summed E-state index contributed by atoms with van der Waals surface area (Å²) in [5.74, 6) is 0.967. The van der Waals surface area contributed by atoms with Crippen molar-refractivity contribution in [2.45, 2.75) is 13.8 Å². The summed E-state index contributed by atoms with van der Waals surface area (Å²) in [7, 11) is 1.70. The molecule has 0 aliphatic rings. The van der Waals surface area contributed by atoms with Gasteiger partial charge in [-0.3, -0.25) is 0 Å². The molecule has 0 amide bonds. The van der Waals surface area contributed by atoms with Crippen molar-refractivity contribution in [3.8, 4) is 0 Å². The quantitative estimate of drug-likeness (QED) is 0.873. The third-order valence-electron chi connectivity index (χ3n) is 3.21. The van der Waals surface area contributed by atoms with Gasteiger partial charge in [-0.05, 0) is 19.4 Å². The van der Waals surface area contributed by atoms with Crippen LogP contribution in [0.4, 0.5) is 5.82 Å². The van der Waals surface area contributed by atoms with Crippen molar-refractivity contribution in [2.75, 3.05) is 38.3 Å². The number of nitrogens with zero attached hydrogens (tertiary/aromatic N) is 3. The highest BCUT2D eigenvalue weighted by Crippen LogP contribution is 2.33. The first-order valence-corrected chi connectivity index (χ1v) is 7.15. The van der Waals surface area contributed by atoms with E-state index in [4.69, 9.17) is 10.5 Å². The van der Waals surface area contributed by atoms with Crippen LogP contribution in [0.15, 0.2) is 6.33 Å². The Labute approximate surface area is 117 Å². The van der Waals surface area contributed by atoms with E-state index in [1.807, 2.05) is 0 Å². The molecule has 2 heterocycles. The van der Waals surface area contributed by atoms with Crippen molar-refractivity contribution in [1.82, 2.24) is 9.97 Å². The van der Waals surface area contributed by atoms with Crippen molar-refractivity contribution in [3.05, 3.63) is 16.8 Å². The second kappa shape index (κ2) is 6.27. The van der Waals surface area contributed by atoms with Crippen LogP contribution in [0.1, 0.15) is 10.4 Å². The number of hydrogen-bond donors (Lipinski definition) is 1. The Morgan fingerprint density at radius 3 is 2.79 bits per heavy atom. The van der Waals surface area contributed by atoms with E-state index in [1.54, 1.807) is 24.8 Å². The molecule has 2 aromatic heterocycles. The molecule has 6 heteroatoms. The number of fused-ring (bicyclic) bond motifs is 1. The van der Waals surface area contributed by atoms with Crippen molar-refractivity contribution in [2.24, 2.45) is 5.73 Å². The zero-order valence-corrected chi connectivity index (χ0v) is 12.5. The van der Waals surface area contributed by atoms with Crippen LogP contribution in [0.2, 0.25) is 0 Å². The molecule has 2 aromatic rings. The van der Waals surface area contributed by atoms with E-state index < -0.39 is 0 Å². The van der Waals surface area contributed by atoms with E-state index in [0.29, 0.717) is 13.2 Å². The molecular weight excluding hydrogens is 260 g/mol. The number of rotatable bonds is 6. The van der Waals surface area contributed by atoms with E-state index in [9.17, 15) is 0 Å². The monoisotopic (exact) mass is 280 g/mol. The van der Waals surface area contributed by atoms with E-state index in [1.165, 1.54) is 10.4 Å². The molecule has 0 saturated heterocycles. The number of nitrogens with two attached hydrogens (primary N) is 1. The molecule has 0 bridgehead atoms. The van der Waals surface area contributed by atoms with Crippen molar-refractivity contribution < 1.29 is 4.74 Å². The summed E-state index contributed by atoms with van der Waals surface area (Å²) in [6.45, 7) is 7.05. The lowest BCUT2D eigenvalue weighted by molar-refractivity contribution is 0.205. The Bertz CT molecular complexity index is 555. The fourth-order valence-corrected chi connectivity index (χ4v) is 3.08. The second-order valence-electron chi connectivity index (χ2n) is 4.43. The number of thiophene rings is 1. The molecule has 0 spiro atoms. The maximum Gasteiger partial charge on any atom is 0.141 e. The molecule has 0 radical (unpaired) electrons. The fourth-order valence-electron chi connectivity index (χ4n) is 2.08. The van der Waals surface area contributed by atoms with Gasteiger partial charge in [0.2, 0.25) is 0 Å². The summed E-state index contributed by atoms with van der Waals surface area (Å²) >= 11 is 1.71. The van der Waals surface area contributed by atoms with Crippen LogP contribution in [0.3, 0.4) is 0 Å². The van der Waals surface area contributed by atoms with Crippen LogP contribution in [-0.2, 0) is 4.74 Å². The van der Waals surface area contributed by atoms with Crippen molar-refractivity contribution in [3.63, 3.8) is 0 Å². The van der Waals surface area contributed by atoms with Crippen LogP contribution in [-0.4, -0.2) is 43.3 Å². The minimum absolute atomic E-state index is 0.595. The topological polar surface area (TPSA) is 64.3 Å². The Balaban J connectivity index is 2.46. The lowest BCUT2D eigenvalue weighted by Crippen LogP contribution is -2.33. The van der Waals surface area contributed by atoms with Gasteiger partial charge in [-0.2, -0.15) is 0 Å². The molecule has 2 N–H and O–H groups in total. The van der Waals surface area contributed by atoms with Gasteiger partial charge in [0.05, 0.1) is 12.0 Å². The minimum Gasteiger partial charge on any atom is -0.383 e. The Kier molecular flexibility index (Phi) is 4.68. The molecule has 5 nitrogen and oxygen atoms in total. The maximum absolute atomic E-state index is 5.70. The number of anilines is 1. The molecule has 0 fully saturated rings. The normalized spacial score (nSPS) is 11.2. The summed E-state index contributed by atoms with van der Waals surface area (Å²) < 4.78 is 5.16. The smallest absolute Gasteiger partial charge is 0.141 e. The summed E-state index contributed by atoms with van der Waals surface area (Å²) in [4.78, 5) is 13.3. The van der Waals surface area contributed by atoms with Gasteiger partial charge in [0.15, 0.2) is 0 Å². The number of hydrogen-bond acceptors (Lipinski definition) is 6. The first kappa shape index (κ1) is 14.2. The van der Waals surface area contributed by atoms with E-state index in [-0.39, 0.29) is 0 Å². The lowest BCUT2D eigenvalue weighted by Gasteiger charge is -2.23. The molecule has 0 aliphatic heterocycles. The van der Waals surface area contributed by atoms with E-state index >= 15 is 0 Å². The highest BCUT2D eigenvalue weighted by molar-refractivity contribution is 7.18. The van der Waals surface area contributed by atoms with E-state index in [0.717, 1.165) is 29.1 Å². The van der Waals surface area contributed by atoms with Crippen LogP contribution in [0, 0.1) is 13.8 Å². The minimum atomic E-state index is 0.595. The Hall–Kier alpha value is -1.24. The van der Waals surface area contributed by atoms with Crippen LogP contribution >= 0.6 is 11.3 Å². The van der Waals surface area contributed by atoms with Crippen LogP contribution in [0.25, 0.3) is 10.2 Å². The first-order valence-electron chi connectivity index (χ1n) is 6.33. The molecule has 0 atom stereocenters. The number of methoxy groups -OCH3 is 1. The molecule has 2 rings (SSSR count). The summed E-state index contributed by atoms with van der Waals surface area (Å²) in [5, 5.41) is 1.15. The Morgan fingerprint density at radius 2 is 2.11 bits per heavy atom. The highest BCUT2D eigenvalue weighted by Gasteiger charge is 2.16. The maximum atomic E-state index is 5.70. The van der Waals surface area contributed by atoms with Crippen molar-refractivity contribution >= 4 is 27.4 Å². The van der Waals surface area contributed by atoms with Gasteiger partial charge < -0.3 is 15.4 Å². The predicted octanol–water partition coefficient (Wildman–Crippen LogP) is 1.72. The zero-order chi connectivity index (χ0) is 13.8. The first-order chi connectivity index (χ1) is 9.19. The van der Waals surface area contributed by atoms with Gasteiger partial charge in [0.25, 0.3) is 0 Å². The summed E-state index contributed by atoms with van der Waals surface area (Å²) in [6, 6.07) is 0. The lowest BCUT2D eigenvalue weighted by atomic mass is 10.2. The fraction of sp³-hybridized carbons (Fsp3) is 0.538. The average molecular weight is 280 g/mol. The second-order valence-corrected chi connectivity index (χ2v) is 5.63. The Morgan fingerprint density at radius 1 is 1.32 bits per heavy atom. The average Bonchev–Trinajstić information content (AvgIpc) is 2.70.